The van der Waals surface area contributed by atoms with E-state index in [1.54, 1.807) is 48.5 Å². The molecule has 0 aliphatic rings. The number of carbonyl (C=O) groups excluding carboxylic acids is 3. The summed E-state index contributed by atoms with van der Waals surface area (Å²) in [7, 11) is 1.27. The van der Waals surface area contributed by atoms with Crippen molar-refractivity contribution in [3.63, 3.8) is 0 Å². The van der Waals surface area contributed by atoms with Crippen LogP contribution in [0.2, 0.25) is 0 Å². The molecule has 0 aliphatic heterocycles. The molecule has 0 bridgehead atoms. The first-order valence-corrected chi connectivity index (χ1v) is 8.66. The number of nitrogens with one attached hydrogen (secondary N) is 2. The average Bonchev–Trinajstić information content (AvgIpc) is 2.74. The van der Waals surface area contributed by atoms with E-state index in [0.29, 0.717) is 22.8 Å². The predicted octanol–water partition coefficient (Wildman–Crippen LogP) is 3.46. The Bertz CT molecular complexity index is 1060. The lowest BCUT2D eigenvalue weighted by Gasteiger charge is -2.10. The minimum atomic E-state index is -0.556. The van der Waals surface area contributed by atoms with E-state index in [1.165, 1.54) is 26.4 Å². The van der Waals surface area contributed by atoms with Crippen LogP contribution in [0.5, 0.6) is 0 Å². The Kier molecular flexibility index (Phi) is 5.94. The predicted molar refractivity (Wildman–Crippen MR) is 107 cm³/mol. The first kappa shape index (κ1) is 19.7. The van der Waals surface area contributed by atoms with Gasteiger partial charge in [0.1, 0.15) is 11.5 Å². The van der Waals surface area contributed by atoms with Crippen LogP contribution in [0.3, 0.4) is 0 Å². The van der Waals surface area contributed by atoms with E-state index < -0.39 is 11.9 Å². The Morgan fingerprint density at radius 1 is 0.966 bits per heavy atom. The zero-order chi connectivity index (χ0) is 20.8. The SMILES string of the molecule is COC(=O)c1ccccc1NC(=O)c1cnc(Nc2cccc(C(C)=O)c2)cn1. The lowest BCUT2D eigenvalue weighted by molar-refractivity contribution is 0.0601. The molecule has 0 unspecified atom stereocenters. The van der Waals surface area contributed by atoms with E-state index in [4.69, 9.17) is 4.74 Å². The highest BCUT2D eigenvalue weighted by atomic mass is 16.5. The lowest BCUT2D eigenvalue weighted by atomic mass is 10.1. The fourth-order valence-electron chi connectivity index (χ4n) is 2.54. The van der Waals surface area contributed by atoms with Crippen LogP contribution in [0.25, 0.3) is 0 Å². The third-order valence-electron chi connectivity index (χ3n) is 4.01. The van der Waals surface area contributed by atoms with Crippen LogP contribution in [0.1, 0.15) is 38.1 Å². The fraction of sp³-hybridized carbons (Fsp3) is 0.0952. The minimum Gasteiger partial charge on any atom is -0.465 e. The van der Waals surface area contributed by atoms with Crippen LogP contribution in [0, 0.1) is 0 Å². The standard InChI is InChI=1S/C21H18N4O4/c1-13(26)14-6-5-7-15(10-14)24-19-12-22-18(11-23-19)20(27)25-17-9-4-3-8-16(17)21(28)29-2/h3-12H,1-2H3,(H,23,24)(H,25,27). The molecule has 2 N–H and O–H groups in total. The molecular formula is C21H18N4O4. The summed E-state index contributed by atoms with van der Waals surface area (Å²) in [5.74, 6) is -0.700. The second-order valence-corrected chi connectivity index (χ2v) is 6.04. The molecule has 1 amide bonds. The molecule has 0 radical (unpaired) electrons. The van der Waals surface area contributed by atoms with Crippen LogP contribution >= 0.6 is 0 Å². The van der Waals surface area contributed by atoms with Gasteiger partial charge in [-0.3, -0.25) is 9.59 Å². The number of esters is 1. The van der Waals surface area contributed by atoms with Crippen molar-refractivity contribution >= 4 is 34.9 Å². The molecule has 29 heavy (non-hydrogen) atoms. The molecule has 3 rings (SSSR count). The minimum absolute atomic E-state index is 0.0426. The van der Waals surface area contributed by atoms with E-state index in [0.717, 1.165) is 0 Å². The van der Waals surface area contributed by atoms with Crippen molar-refractivity contribution in [1.82, 2.24) is 9.97 Å². The number of aromatic nitrogens is 2. The molecule has 0 atom stereocenters. The second kappa shape index (κ2) is 8.75. The summed E-state index contributed by atoms with van der Waals surface area (Å²) in [6.45, 7) is 1.49. The number of Topliss-reactive ketones (excluding diaryl/α,β-unsaturated/α-hetero) is 1. The molecule has 0 fully saturated rings. The molecule has 0 saturated heterocycles. The molecule has 0 spiro atoms. The van der Waals surface area contributed by atoms with E-state index in [-0.39, 0.29) is 17.0 Å². The van der Waals surface area contributed by atoms with Gasteiger partial charge in [-0.2, -0.15) is 0 Å². The average molecular weight is 390 g/mol. The Labute approximate surface area is 167 Å². The zero-order valence-electron chi connectivity index (χ0n) is 15.8. The highest BCUT2D eigenvalue weighted by molar-refractivity contribution is 6.07. The number of carbonyl (C=O) groups is 3. The number of ketones is 1. The maximum atomic E-state index is 12.4. The maximum absolute atomic E-state index is 12.4. The van der Waals surface area contributed by atoms with Crippen molar-refractivity contribution in [1.29, 1.82) is 0 Å². The number of anilines is 3. The number of para-hydroxylation sites is 1. The van der Waals surface area contributed by atoms with Gasteiger partial charge < -0.3 is 15.4 Å². The molecule has 8 nitrogen and oxygen atoms in total. The molecular weight excluding hydrogens is 372 g/mol. The maximum Gasteiger partial charge on any atom is 0.339 e. The van der Waals surface area contributed by atoms with Gasteiger partial charge >= 0.3 is 5.97 Å². The quantitative estimate of drug-likeness (QED) is 0.490. The van der Waals surface area contributed by atoms with Gasteiger partial charge in [0, 0.05) is 11.3 Å². The van der Waals surface area contributed by atoms with Crippen LogP contribution in [0.4, 0.5) is 17.2 Å². The summed E-state index contributed by atoms with van der Waals surface area (Å²) >= 11 is 0. The van der Waals surface area contributed by atoms with Gasteiger partial charge in [-0.15, -0.1) is 0 Å². The van der Waals surface area contributed by atoms with E-state index in [9.17, 15) is 14.4 Å². The molecule has 2 aromatic carbocycles. The molecule has 146 valence electrons. The number of methoxy groups -OCH3 is 1. The number of rotatable bonds is 6. The summed E-state index contributed by atoms with van der Waals surface area (Å²) in [5, 5.41) is 5.66. The van der Waals surface area contributed by atoms with Gasteiger partial charge in [-0.25, -0.2) is 14.8 Å². The van der Waals surface area contributed by atoms with E-state index in [1.807, 2.05) is 0 Å². The lowest BCUT2D eigenvalue weighted by Crippen LogP contribution is -2.17. The van der Waals surface area contributed by atoms with Crippen molar-refractivity contribution in [3.8, 4) is 0 Å². The summed E-state index contributed by atoms with van der Waals surface area (Å²) < 4.78 is 4.71. The van der Waals surface area contributed by atoms with Crippen molar-refractivity contribution < 1.29 is 19.1 Å². The molecule has 0 saturated carbocycles. The smallest absolute Gasteiger partial charge is 0.339 e. The van der Waals surface area contributed by atoms with Crippen LogP contribution in [-0.2, 0) is 4.74 Å². The second-order valence-electron chi connectivity index (χ2n) is 6.04. The molecule has 3 aromatic rings. The van der Waals surface area contributed by atoms with Crippen molar-refractivity contribution in [2.24, 2.45) is 0 Å². The number of amides is 1. The largest absolute Gasteiger partial charge is 0.465 e. The van der Waals surface area contributed by atoms with Gasteiger partial charge in [0.05, 0.1) is 30.8 Å². The fourth-order valence-corrected chi connectivity index (χ4v) is 2.54. The summed E-state index contributed by atoms with van der Waals surface area (Å²) in [4.78, 5) is 44.0. The van der Waals surface area contributed by atoms with E-state index >= 15 is 0 Å². The monoisotopic (exact) mass is 390 g/mol. The highest BCUT2D eigenvalue weighted by Crippen LogP contribution is 2.18. The molecule has 8 heteroatoms. The zero-order valence-corrected chi connectivity index (χ0v) is 15.8. The topological polar surface area (TPSA) is 110 Å². The van der Waals surface area contributed by atoms with Crippen molar-refractivity contribution in [3.05, 3.63) is 77.7 Å². The number of hydrogen-bond donors (Lipinski definition) is 2. The van der Waals surface area contributed by atoms with Crippen molar-refractivity contribution in [2.75, 3.05) is 17.7 Å². The first-order valence-electron chi connectivity index (χ1n) is 8.66. The summed E-state index contributed by atoms with van der Waals surface area (Å²) in [6, 6.07) is 13.5. The third kappa shape index (κ3) is 4.81. The Balaban J connectivity index is 1.72. The van der Waals surface area contributed by atoms with Gasteiger partial charge in [0.2, 0.25) is 0 Å². The first-order chi connectivity index (χ1) is 14.0. The van der Waals surface area contributed by atoms with Crippen LogP contribution in [0.15, 0.2) is 60.9 Å². The Hall–Kier alpha value is -4.07. The molecule has 1 aromatic heterocycles. The van der Waals surface area contributed by atoms with Crippen molar-refractivity contribution in [2.45, 2.75) is 6.92 Å². The van der Waals surface area contributed by atoms with Gasteiger partial charge in [0.15, 0.2) is 5.78 Å². The number of ether oxygens (including phenoxy) is 1. The normalized spacial score (nSPS) is 10.1. The number of nitrogens with zero attached hydrogens (tertiary/aromatic N) is 2. The summed E-state index contributed by atoms with van der Waals surface area (Å²) in [6.07, 6.45) is 2.72. The van der Waals surface area contributed by atoms with Gasteiger partial charge in [-0.1, -0.05) is 24.3 Å². The Morgan fingerprint density at radius 3 is 2.45 bits per heavy atom. The van der Waals surface area contributed by atoms with Crippen LogP contribution < -0.4 is 10.6 Å². The molecule has 1 heterocycles. The van der Waals surface area contributed by atoms with E-state index in [2.05, 4.69) is 20.6 Å². The third-order valence-corrected chi connectivity index (χ3v) is 4.01. The highest BCUT2D eigenvalue weighted by Gasteiger charge is 2.15. The van der Waals surface area contributed by atoms with Crippen LogP contribution in [-0.4, -0.2) is 34.7 Å². The molecule has 0 aliphatic carbocycles. The Morgan fingerprint density at radius 2 is 1.76 bits per heavy atom. The summed E-state index contributed by atoms with van der Waals surface area (Å²) in [5.41, 5.74) is 1.88. The number of benzene rings is 2. The number of hydrogen-bond acceptors (Lipinski definition) is 7. The van der Waals surface area contributed by atoms with Gasteiger partial charge in [0.25, 0.3) is 5.91 Å². The van der Waals surface area contributed by atoms with Gasteiger partial charge in [-0.05, 0) is 31.2 Å².